The summed E-state index contributed by atoms with van der Waals surface area (Å²) in [6.45, 7) is 0.457. The van der Waals surface area contributed by atoms with Gasteiger partial charge in [-0.3, -0.25) is 4.79 Å². The van der Waals surface area contributed by atoms with Crippen molar-refractivity contribution < 1.29 is 18.6 Å². The first-order valence-electron chi connectivity index (χ1n) is 9.28. The Hall–Kier alpha value is -3.23. The second-order valence-corrected chi connectivity index (χ2v) is 6.64. The maximum atomic E-state index is 12.0. The molecule has 0 radical (unpaired) electrons. The van der Waals surface area contributed by atoms with E-state index in [1.807, 2.05) is 24.3 Å². The highest BCUT2D eigenvalue weighted by molar-refractivity contribution is 5.76. The van der Waals surface area contributed by atoms with Crippen LogP contribution in [0, 0.1) is 0 Å². The van der Waals surface area contributed by atoms with Crippen LogP contribution in [0.4, 0.5) is 0 Å². The second kappa shape index (κ2) is 8.20. The van der Waals surface area contributed by atoms with Crippen LogP contribution in [0.5, 0.6) is 5.75 Å². The lowest BCUT2D eigenvalue weighted by Crippen LogP contribution is -2.26. The molecule has 9 heteroatoms. The molecule has 3 aromatic rings. The van der Waals surface area contributed by atoms with Crippen LogP contribution >= 0.6 is 0 Å². The quantitative estimate of drug-likeness (QED) is 0.598. The highest BCUT2D eigenvalue weighted by Gasteiger charge is 2.29. The van der Waals surface area contributed by atoms with E-state index in [4.69, 9.17) is 13.8 Å². The molecule has 1 amide bonds. The van der Waals surface area contributed by atoms with Crippen molar-refractivity contribution in [2.45, 2.75) is 38.0 Å². The van der Waals surface area contributed by atoms with Crippen molar-refractivity contribution in [2.75, 3.05) is 13.7 Å². The number of aryl methyl sites for hydroxylation is 1. The molecule has 0 atom stereocenters. The average Bonchev–Trinajstić information content (AvgIpc) is 3.27. The van der Waals surface area contributed by atoms with Gasteiger partial charge in [0.2, 0.25) is 23.5 Å². The number of carbonyl (C=O) groups excluding carboxylic acids is 1. The fraction of sp³-hybridized carbons (Fsp3) is 0.421. The summed E-state index contributed by atoms with van der Waals surface area (Å²) in [6.07, 6.45) is 3.40. The van der Waals surface area contributed by atoms with Gasteiger partial charge in [-0.25, -0.2) is 0 Å². The third kappa shape index (κ3) is 4.36. The number of nitrogens with one attached hydrogen (secondary N) is 1. The molecule has 0 spiro atoms. The first kappa shape index (κ1) is 18.1. The number of hydrogen-bond donors (Lipinski definition) is 1. The second-order valence-electron chi connectivity index (χ2n) is 6.64. The number of carbonyl (C=O) groups is 1. The molecule has 0 bridgehead atoms. The van der Waals surface area contributed by atoms with Gasteiger partial charge in [0.15, 0.2) is 5.82 Å². The van der Waals surface area contributed by atoms with Gasteiger partial charge in [0, 0.05) is 31.7 Å². The molecule has 2 heterocycles. The Kier molecular flexibility index (Phi) is 5.31. The zero-order chi connectivity index (χ0) is 19.3. The van der Waals surface area contributed by atoms with Gasteiger partial charge in [0.25, 0.3) is 0 Å². The summed E-state index contributed by atoms with van der Waals surface area (Å²) in [5, 5.41) is 10.7. The van der Waals surface area contributed by atoms with Gasteiger partial charge in [0.05, 0.1) is 12.7 Å². The predicted molar refractivity (Wildman–Crippen MR) is 97.6 cm³/mol. The molecule has 9 nitrogen and oxygen atoms in total. The van der Waals surface area contributed by atoms with Crippen LogP contribution in [0.3, 0.4) is 0 Å². The lowest BCUT2D eigenvalue weighted by molar-refractivity contribution is -0.121. The van der Waals surface area contributed by atoms with Crippen LogP contribution in [0.1, 0.15) is 42.8 Å². The lowest BCUT2D eigenvalue weighted by Gasteiger charge is -2.03. The van der Waals surface area contributed by atoms with Crippen LogP contribution in [0.2, 0.25) is 0 Å². The normalized spacial score (nSPS) is 13.5. The Bertz CT molecular complexity index is 947. The molecule has 1 saturated carbocycles. The molecule has 1 fully saturated rings. The van der Waals surface area contributed by atoms with Crippen LogP contribution in [0.25, 0.3) is 11.4 Å². The summed E-state index contributed by atoms with van der Waals surface area (Å²) in [4.78, 5) is 20.7. The van der Waals surface area contributed by atoms with E-state index in [0.717, 1.165) is 18.4 Å². The van der Waals surface area contributed by atoms with E-state index in [0.29, 0.717) is 54.5 Å². The number of benzene rings is 1. The minimum Gasteiger partial charge on any atom is -0.496 e. The molecular formula is C19H21N5O4. The first-order chi connectivity index (χ1) is 13.7. The fourth-order valence-electron chi connectivity index (χ4n) is 2.78. The van der Waals surface area contributed by atoms with E-state index in [-0.39, 0.29) is 12.3 Å². The maximum absolute atomic E-state index is 12.0. The fourth-order valence-corrected chi connectivity index (χ4v) is 2.78. The summed E-state index contributed by atoms with van der Waals surface area (Å²) < 4.78 is 15.7. The van der Waals surface area contributed by atoms with Crippen LogP contribution < -0.4 is 10.1 Å². The SMILES string of the molecule is COc1ccccc1-c1noc(CCC(=O)NCCc2noc(C3CC3)n2)n1. The Labute approximate surface area is 161 Å². The van der Waals surface area contributed by atoms with Gasteiger partial charge in [0.1, 0.15) is 5.75 Å². The molecule has 0 aliphatic heterocycles. The number of aromatic nitrogens is 4. The molecule has 146 valence electrons. The van der Waals surface area contributed by atoms with Crippen molar-refractivity contribution >= 4 is 5.91 Å². The van der Waals surface area contributed by atoms with Crippen LogP contribution in [0.15, 0.2) is 33.3 Å². The lowest BCUT2D eigenvalue weighted by atomic mass is 10.2. The third-order valence-corrected chi connectivity index (χ3v) is 4.46. The molecular weight excluding hydrogens is 362 g/mol. The van der Waals surface area contributed by atoms with Crippen molar-refractivity contribution in [1.29, 1.82) is 0 Å². The highest BCUT2D eigenvalue weighted by atomic mass is 16.5. The zero-order valence-corrected chi connectivity index (χ0v) is 15.6. The Morgan fingerprint density at radius 1 is 1.18 bits per heavy atom. The predicted octanol–water partition coefficient (Wildman–Crippen LogP) is 2.30. The van der Waals surface area contributed by atoms with Gasteiger partial charge < -0.3 is 19.1 Å². The van der Waals surface area contributed by atoms with Gasteiger partial charge in [-0.2, -0.15) is 9.97 Å². The van der Waals surface area contributed by atoms with Crippen molar-refractivity contribution in [1.82, 2.24) is 25.6 Å². The van der Waals surface area contributed by atoms with Crippen molar-refractivity contribution in [3.05, 3.63) is 41.9 Å². The Morgan fingerprint density at radius 3 is 2.86 bits per heavy atom. The number of rotatable bonds is 9. The van der Waals surface area contributed by atoms with E-state index in [2.05, 4.69) is 25.6 Å². The van der Waals surface area contributed by atoms with Crippen molar-refractivity contribution in [3.63, 3.8) is 0 Å². The van der Waals surface area contributed by atoms with E-state index < -0.39 is 0 Å². The number of para-hydroxylation sites is 1. The average molecular weight is 383 g/mol. The van der Waals surface area contributed by atoms with Gasteiger partial charge >= 0.3 is 0 Å². The standard InChI is InChI=1S/C19H21N5O4/c1-26-14-5-3-2-4-13(14)18-22-17(27-24-18)9-8-16(25)20-11-10-15-21-19(28-23-15)12-6-7-12/h2-5,12H,6-11H2,1H3,(H,20,25). The molecule has 0 unspecified atom stereocenters. The number of amides is 1. The summed E-state index contributed by atoms with van der Waals surface area (Å²) in [5.74, 6) is 3.19. The zero-order valence-electron chi connectivity index (χ0n) is 15.6. The van der Waals surface area contributed by atoms with Gasteiger partial charge in [-0.05, 0) is 25.0 Å². The summed E-state index contributed by atoms with van der Waals surface area (Å²) >= 11 is 0. The van der Waals surface area contributed by atoms with Gasteiger partial charge in [-0.1, -0.05) is 22.4 Å². The van der Waals surface area contributed by atoms with E-state index in [1.54, 1.807) is 7.11 Å². The summed E-state index contributed by atoms with van der Waals surface area (Å²) in [6, 6.07) is 7.43. The van der Waals surface area contributed by atoms with E-state index in [9.17, 15) is 4.79 Å². The number of nitrogens with zero attached hydrogens (tertiary/aromatic N) is 4. The molecule has 28 heavy (non-hydrogen) atoms. The third-order valence-electron chi connectivity index (χ3n) is 4.46. The number of hydrogen-bond acceptors (Lipinski definition) is 8. The van der Waals surface area contributed by atoms with Crippen molar-refractivity contribution in [3.8, 4) is 17.1 Å². The molecule has 1 aromatic carbocycles. The highest BCUT2D eigenvalue weighted by Crippen LogP contribution is 2.38. The monoisotopic (exact) mass is 383 g/mol. The van der Waals surface area contributed by atoms with Crippen LogP contribution in [-0.4, -0.2) is 39.8 Å². The topological polar surface area (TPSA) is 116 Å². The van der Waals surface area contributed by atoms with Crippen molar-refractivity contribution in [2.24, 2.45) is 0 Å². The number of ether oxygens (including phenoxy) is 1. The maximum Gasteiger partial charge on any atom is 0.229 e. The first-order valence-corrected chi connectivity index (χ1v) is 9.28. The minimum atomic E-state index is -0.0945. The molecule has 0 saturated heterocycles. The molecule has 1 aliphatic carbocycles. The Morgan fingerprint density at radius 2 is 2.04 bits per heavy atom. The van der Waals surface area contributed by atoms with Gasteiger partial charge in [-0.15, -0.1) is 0 Å². The van der Waals surface area contributed by atoms with Crippen LogP contribution in [-0.2, 0) is 17.6 Å². The smallest absolute Gasteiger partial charge is 0.229 e. The molecule has 4 rings (SSSR count). The molecule has 1 N–H and O–H groups in total. The largest absolute Gasteiger partial charge is 0.496 e. The van der Waals surface area contributed by atoms with E-state index in [1.165, 1.54) is 0 Å². The molecule has 2 aromatic heterocycles. The number of methoxy groups -OCH3 is 1. The minimum absolute atomic E-state index is 0.0945. The summed E-state index contributed by atoms with van der Waals surface area (Å²) in [7, 11) is 1.59. The summed E-state index contributed by atoms with van der Waals surface area (Å²) in [5.41, 5.74) is 0.745. The van der Waals surface area contributed by atoms with E-state index >= 15 is 0 Å². The molecule has 1 aliphatic rings. The Balaban J connectivity index is 1.23.